The first-order valence-corrected chi connectivity index (χ1v) is 11.6. The first kappa shape index (κ1) is 23.9. The standard InChI is InChI=1S/C26H21ClFNO4S/c1-16-5-3-6-18(11-16)14-29-25(30)24(34-26(29)31)13-17-9-10-22(32-2)23(12-17)33-15-19-20(27)7-4-8-21(19)28/h3-13H,14-15H2,1-2H3/b24-13-. The molecule has 4 rings (SSSR count). The molecule has 0 radical (unpaired) electrons. The van der Waals surface area contributed by atoms with Gasteiger partial charge in [-0.05, 0) is 60.2 Å². The number of halogens is 2. The van der Waals surface area contributed by atoms with Crippen LogP contribution in [0.5, 0.6) is 11.5 Å². The van der Waals surface area contributed by atoms with Crippen LogP contribution in [0.25, 0.3) is 6.08 Å². The highest BCUT2D eigenvalue weighted by Crippen LogP contribution is 2.36. The Morgan fingerprint density at radius 1 is 1.06 bits per heavy atom. The number of methoxy groups -OCH3 is 1. The van der Waals surface area contributed by atoms with Crippen molar-refractivity contribution >= 4 is 40.6 Å². The number of thioether (sulfide) groups is 1. The summed E-state index contributed by atoms with van der Waals surface area (Å²) in [5.41, 5.74) is 2.81. The summed E-state index contributed by atoms with van der Waals surface area (Å²) >= 11 is 6.98. The molecule has 0 N–H and O–H groups in total. The Labute approximate surface area is 206 Å². The van der Waals surface area contributed by atoms with E-state index in [0.29, 0.717) is 22.0 Å². The Morgan fingerprint density at radius 3 is 2.59 bits per heavy atom. The minimum atomic E-state index is -0.468. The van der Waals surface area contributed by atoms with Crippen LogP contribution in [0.4, 0.5) is 9.18 Å². The monoisotopic (exact) mass is 497 g/mol. The van der Waals surface area contributed by atoms with Crippen LogP contribution in [0.3, 0.4) is 0 Å². The zero-order valence-electron chi connectivity index (χ0n) is 18.5. The second-order valence-corrected chi connectivity index (χ2v) is 9.06. The average Bonchev–Trinajstić information content (AvgIpc) is 3.06. The minimum Gasteiger partial charge on any atom is -0.493 e. The number of imide groups is 1. The number of rotatable bonds is 7. The minimum absolute atomic E-state index is 0.0989. The van der Waals surface area contributed by atoms with Crippen molar-refractivity contribution in [1.29, 1.82) is 0 Å². The highest BCUT2D eigenvalue weighted by Gasteiger charge is 2.35. The van der Waals surface area contributed by atoms with E-state index in [2.05, 4.69) is 0 Å². The van der Waals surface area contributed by atoms with Crippen molar-refractivity contribution < 1.29 is 23.5 Å². The second-order valence-electron chi connectivity index (χ2n) is 7.66. The predicted molar refractivity (Wildman–Crippen MR) is 131 cm³/mol. The van der Waals surface area contributed by atoms with Crippen LogP contribution in [0.2, 0.25) is 5.02 Å². The van der Waals surface area contributed by atoms with E-state index in [1.165, 1.54) is 24.1 Å². The highest BCUT2D eigenvalue weighted by molar-refractivity contribution is 8.18. The highest BCUT2D eigenvalue weighted by atomic mass is 35.5. The number of aryl methyl sites for hydroxylation is 1. The molecule has 8 heteroatoms. The summed E-state index contributed by atoms with van der Waals surface area (Å²) in [6.07, 6.45) is 1.63. The molecule has 34 heavy (non-hydrogen) atoms. The summed E-state index contributed by atoms with van der Waals surface area (Å²) in [5, 5.41) is -0.0608. The summed E-state index contributed by atoms with van der Waals surface area (Å²) in [6.45, 7) is 2.07. The third-order valence-electron chi connectivity index (χ3n) is 5.22. The first-order valence-electron chi connectivity index (χ1n) is 10.4. The summed E-state index contributed by atoms with van der Waals surface area (Å²) in [6, 6.07) is 17.2. The Kier molecular flexibility index (Phi) is 7.24. The van der Waals surface area contributed by atoms with E-state index in [9.17, 15) is 14.0 Å². The van der Waals surface area contributed by atoms with Crippen molar-refractivity contribution in [2.75, 3.05) is 7.11 Å². The number of hydrogen-bond acceptors (Lipinski definition) is 5. The normalized spacial score (nSPS) is 14.7. The van der Waals surface area contributed by atoms with Crippen molar-refractivity contribution in [2.24, 2.45) is 0 Å². The Morgan fingerprint density at radius 2 is 1.85 bits per heavy atom. The van der Waals surface area contributed by atoms with Gasteiger partial charge in [0.2, 0.25) is 0 Å². The van der Waals surface area contributed by atoms with Crippen molar-refractivity contribution in [3.8, 4) is 11.5 Å². The van der Waals surface area contributed by atoms with Crippen molar-refractivity contribution in [3.63, 3.8) is 0 Å². The Bertz CT molecular complexity index is 1270. The number of nitrogens with zero attached hydrogens (tertiary/aromatic N) is 1. The van der Waals surface area contributed by atoms with Gasteiger partial charge in [-0.3, -0.25) is 14.5 Å². The lowest BCUT2D eigenvalue weighted by Crippen LogP contribution is -2.27. The van der Waals surface area contributed by atoms with E-state index in [4.69, 9.17) is 21.1 Å². The first-order chi connectivity index (χ1) is 16.4. The van der Waals surface area contributed by atoms with Crippen molar-refractivity contribution in [1.82, 2.24) is 4.90 Å². The van der Waals surface area contributed by atoms with Gasteiger partial charge in [-0.2, -0.15) is 0 Å². The maximum atomic E-state index is 14.1. The van der Waals surface area contributed by atoms with Gasteiger partial charge in [0.1, 0.15) is 12.4 Å². The number of carbonyl (C=O) groups excluding carboxylic acids is 2. The summed E-state index contributed by atoms with van der Waals surface area (Å²) in [7, 11) is 1.49. The average molecular weight is 498 g/mol. The van der Waals surface area contributed by atoms with Gasteiger partial charge < -0.3 is 9.47 Å². The fourth-order valence-electron chi connectivity index (χ4n) is 3.50. The summed E-state index contributed by atoms with van der Waals surface area (Å²) in [5.74, 6) is -0.0236. The van der Waals surface area contributed by atoms with Crippen LogP contribution >= 0.6 is 23.4 Å². The fraction of sp³-hybridized carbons (Fsp3) is 0.154. The second kappa shape index (κ2) is 10.3. The Balaban J connectivity index is 1.54. The van der Waals surface area contributed by atoms with Gasteiger partial charge in [0.15, 0.2) is 11.5 Å². The zero-order chi connectivity index (χ0) is 24.2. The smallest absolute Gasteiger partial charge is 0.293 e. The number of carbonyl (C=O) groups is 2. The number of amides is 2. The molecule has 1 saturated heterocycles. The molecular formula is C26H21ClFNO4S. The van der Waals surface area contributed by atoms with Gasteiger partial charge in [-0.1, -0.05) is 53.6 Å². The van der Waals surface area contributed by atoms with E-state index in [1.54, 1.807) is 30.3 Å². The lowest BCUT2D eigenvalue weighted by molar-refractivity contribution is -0.123. The van der Waals surface area contributed by atoms with E-state index in [1.807, 2.05) is 31.2 Å². The number of benzene rings is 3. The summed E-state index contributed by atoms with van der Waals surface area (Å²) < 4.78 is 25.2. The quantitative estimate of drug-likeness (QED) is 0.344. The van der Waals surface area contributed by atoms with Crippen LogP contribution in [0.15, 0.2) is 65.6 Å². The van der Waals surface area contributed by atoms with Crippen LogP contribution in [0, 0.1) is 12.7 Å². The molecular weight excluding hydrogens is 477 g/mol. The molecule has 5 nitrogen and oxygen atoms in total. The molecule has 1 aliphatic rings. The molecule has 0 atom stereocenters. The fourth-order valence-corrected chi connectivity index (χ4v) is 4.55. The van der Waals surface area contributed by atoms with Crippen LogP contribution < -0.4 is 9.47 Å². The molecule has 0 saturated carbocycles. The molecule has 2 amide bonds. The maximum Gasteiger partial charge on any atom is 0.293 e. The topological polar surface area (TPSA) is 55.8 Å². The van der Waals surface area contributed by atoms with E-state index < -0.39 is 5.82 Å². The molecule has 0 bridgehead atoms. The third kappa shape index (κ3) is 5.26. The molecule has 1 aliphatic heterocycles. The maximum absolute atomic E-state index is 14.1. The van der Waals surface area contributed by atoms with E-state index in [0.717, 1.165) is 22.9 Å². The molecule has 3 aromatic rings. The summed E-state index contributed by atoms with van der Waals surface area (Å²) in [4.78, 5) is 26.9. The van der Waals surface area contributed by atoms with Crippen LogP contribution in [-0.2, 0) is 17.9 Å². The molecule has 0 aliphatic carbocycles. The van der Waals surface area contributed by atoms with Crippen LogP contribution in [-0.4, -0.2) is 23.2 Å². The van der Waals surface area contributed by atoms with Gasteiger partial charge in [0.05, 0.1) is 23.6 Å². The molecule has 1 fully saturated rings. The van der Waals surface area contributed by atoms with E-state index >= 15 is 0 Å². The number of ether oxygens (including phenoxy) is 2. The molecule has 3 aromatic carbocycles. The van der Waals surface area contributed by atoms with Crippen molar-refractivity contribution in [3.05, 3.63) is 98.7 Å². The molecule has 0 aromatic heterocycles. The lowest BCUT2D eigenvalue weighted by Gasteiger charge is -2.13. The largest absolute Gasteiger partial charge is 0.493 e. The molecule has 0 unspecified atom stereocenters. The van der Waals surface area contributed by atoms with Crippen molar-refractivity contribution in [2.45, 2.75) is 20.1 Å². The van der Waals surface area contributed by atoms with Gasteiger partial charge in [0, 0.05) is 5.56 Å². The Hall–Kier alpha value is -3.29. The van der Waals surface area contributed by atoms with Gasteiger partial charge >= 0.3 is 0 Å². The third-order valence-corrected chi connectivity index (χ3v) is 6.48. The van der Waals surface area contributed by atoms with Crippen LogP contribution in [0.1, 0.15) is 22.3 Å². The van der Waals surface area contributed by atoms with Gasteiger partial charge in [-0.15, -0.1) is 0 Å². The van der Waals surface area contributed by atoms with E-state index in [-0.39, 0.29) is 34.9 Å². The molecule has 174 valence electrons. The van der Waals surface area contributed by atoms with Gasteiger partial charge in [0.25, 0.3) is 11.1 Å². The lowest BCUT2D eigenvalue weighted by atomic mass is 10.1. The molecule has 1 heterocycles. The number of hydrogen-bond donors (Lipinski definition) is 0. The molecule has 0 spiro atoms. The SMILES string of the molecule is COc1ccc(/C=C2\SC(=O)N(Cc3cccc(C)c3)C2=O)cc1OCc1c(F)cccc1Cl. The predicted octanol–water partition coefficient (Wildman–Crippen LogP) is 6.61. The zero-order valence-corrected chi connectivity index (χ0v) is 20.1. The van der Waals surface area contributed by atoms with Gasteiger partial charge in [-0.25, -0.2) is 4.39 Å².